The lowest BCUT2D eigenvalue weighted by Gasteiger charge is -2.11. The van der Waals surface area contributed by atoms with Gasteiger partial charge >= 0.3 is 6.18 Å². The fraction of sp³-hybridized carbons (Fsp3) is 0.250. The third kappa shape index (κ3) is 4.28. The van der Waals surface area contributed by atoms with Crippen LogP contribution in [0.25, 0.3) is 0 Å². The Morgan fingerprint density at radius 2 is 2.00 bits per heavy atom. The van der Waals surface area contributed by atoms with Crippen LogP contribution in [-0.2, 0) is 6.18 Å². The van der Waals surface area contributed by atoms with Crippen molar-refractivity contribution in [3.8, 4) is 11.6 Å². The van der Waals surface area contributed by atoms with E-state index in [-0.39, 0.29) is 17.4 Å². The molecule has 0 fully saturated rings. The Hall–Kier alpha value is -1.90. The quantitative estimate of drug-likeness (QED) is 0.894. The van der Waals surface area contributed by atoms with Gasteiger partial charge in [0, 0.05) is 23.3 Å². The Kier molecular flexibility index (Phi) is 4.61. The number of hydrogen-bond donors (Lipinski definition) is 1. The van der Waals surface area contributed by atoms with Gasteiger partial charge in [0.1, 0.15) is 11.6 Å². The largest absolute Gasteiger partial charge is 0.451 e. The predicted molar refractivity (Wildman–Crippen MR) is 73.2 cm³/mol. The van der Waals surface area contributed by atoms with Gasteiger partial charge in [-0.3, -0.25) is 4.98 Å². The molecule has 0 unspecified atom stereocenters. The molecule has 1 N–H and O–H groups in total. The molecule has 0 aliphatic carbocycles. The molecule has 2 heterocycles. The van der Waals surface area contributed by atoms with Gasteiger partial charge in [-0.2, -0.15) is 18.2 Å². The molecule has 0 atom stereocenters. The minimum absolute atomic E-state index is 0.0396. The van der Waals surface area contributed by atoms with Crippen LogP contribution in [0, 0.1) is 0 Å². The normalized spacial score (nSPS) is 11.3. The average Bonchev–Trinajstić information content (AvgIpc) is 2.37. The molecule has 0 radical (unpaired) electrons. The Balaban J connectivity index is 2.35. The number of aromatic nitrogens is 3. The maximum atomic E-state index is 12.8. The molecule has 2 aromatic rings. The van der Waals surface area contributed by atoms with E-state index in [1.54, 1.807) is 13.0 Å². The minimum Gasteiger partial charge on any atom is -0.437 e. The van der Waals surface area contributed by atoms with Gasteiger partial charge in [0.05, 0.1) is 6.20 Å². The van der Waals surface area contributed by atoms with Crippen LogP contribution in [0.4, 0.5) is 19.0 Å². The lowest BCUT2D eigenvalue weighted by molar-refractivity contribution is -0.145. The molecule has 0 saturated carbocycles. The number of nitrogens with one attached hydrogen (secondary N) is 1. The van der Waals surface area contributed by atoms with Crippen molar-refractivity contribution in [2.45, 2.75) is 13.1 Å². The third-order valence-electron chi connectivity index (χ3n) is 2.22. The van der Waals surface area contributed by atoms with Crippen molar-refractivity contribution in [1.82, 2.24) is 15.0 Å². The van der Waals surface area contributed by atoms with Gasteiger partial charge < -0.3 is 10.1 Å². The van der Waals surface area contributed by atoms with Crippen molar-refractivity contribution in [3.05, 3.63) is 34.8 Å². The van der Waals surface area contributed by atoms with Crippen LogP contribution in [0.1, 0.15) is 12.7 Å². The van der Waals surface area contributed by atoms with Crippen LogP contribution in [0.15, 0.2) is 29.0 Å². The summed E-state index contributed by atoms with van der Waals surface area (Å²) >= 11 is 3.19. The highest BCUT2D eigenvalue weighted by Crippen LogP contribution is 2.30. The Bertz CT molecular complexity index is 636. The first-order valence-corrected chi connectivity index (χ1v) is 6.66. The van der Waals surface area contributed by atoms with Crippen LogP contribution in [0.3, 0.4) is 0 Å². The monoisotopic (exact) mass is 362 g/mol. The van der Waals surface area contributed by atoms with Crippen molar-refractivity contribution in [2.24, 2.45) is 0 Å². The van der Waals surface area contributed by atoms with Crippen LogP contribution in [0.5, 0.6) is 11.6 Å². The molecule has 0 aromatic carbocycles. The number of rotatable bonds is 4. The zero-order valence-electron chi connectivity index (χ0n) is 10.8. The molecule has 112 valence electrons. The molecule has 0 bridgehead atoms. The third-order valence-corrected chi connectivity index (χ3v) is 2.65. The van der Waals surface area contributed by atoms with Gasteiger partial charge in [-0.15, -0.1) is 0 Å². The molecule has 9 heteroatoms. The average molecular weight is 363 g/mol. The standard InChI is InChI=1S/C12H10BrF3N4O/c1-2-18-9-4-10(20-11(19-9)12(14,15)16)21-8-3-7(13)5-17-6-8/h3-6H,2H2,1H3,(H,18,19,20). The first-order chi connectivity index (χ1) is 9.88. The highest BCUT2D eigenvalue weighted by atomic mass is 79.9. The number of anilines is 1. The molecule has 21 heavy (non-hydrogen) atoms. The Morgan fingerprint density at radius 3 is 2.62 bits per heavy atom. The van der Waals surface area contributed by atoms with E-state index in [0.29, 0.717) is 11.0 Å². The zero-order chi connectivity index (χ0) is 15.5. The Morgan fingerprint density at radius 1 is 1.24 bits per heavy atom. The van der Waals surface area contributed by atoms with E-state index in [1.165, 1.54) is 18.5 Å². The topological polar surface area (TPSA) is 59.9 Å². The van der Waals surface area contributed by atoms with E-state index in [0.717, 1.165) is 0 Å². The van der Waals surface area contributed by atoms with E-state index in [2.05, 4.69) is 36.2 Å². The van der Waals surface area contributed by atoms with Crippen LogP contribution in [0.2, 0.25) is 0 Å². The second-order valence-corrected chi connectivity index (χ2v) is 4.80. The smallest absolute Gasteiger partial charge is 0.437 e. The van der Waals surface area contributed by atoms with Crippen molar-refractivity contribution in [2.75, 3.05) is 11.9 Å². The van der Waals surface area contributed by atoms with Crippen LogP contribution >= 0.6 is 15.9 Å². The van der Waals surface area contributed by atoms with E-state index in [9.17, 15) is 13.2 Å². The SMILES string of the molecule is CCNc1cc(Oc2cncc(Br)c2)nc(C(F)(F)F)n1. The van der Waals surface area contributed by atoms with Gasteiger partial charge in [0.15, 0.2) is 0 Å². The van der Waals surface area contributed by atoms with E-state index in [4.69, 9.17) is 4.74 Å². The number of ether oxygens (including phenoxy) is 1. The molecule has 0 amide bonds. The summed E-state index contributed by atoms with van der Waals surface area (Å²) in [6.07, 6.45) is -1.76. The lowest BCUT2D eigenvalue weighted by atomic mass is 10.4. The van der Waals surface area contributed by atoms with E-state index < -0.39 is 12.0 Å². The molecular formula is C12H10BrF3N4O. The first-order valence-electron chi connectivity index (χ1n) is 5.87. The molecule has 0 spiro atoms. The summed E-state index contributed by atoms with van der Waals surface area (Å²) in [7, 11) is 0. The summed E-state index contributed by atoms with van der Waals surface area (Å²) in [5.41, 5.74) is 0. The summed E-state index contributed by atoms with van der Waals surface area (Å²) < 4.78 is 44.2. The van der Waals surface area contributed by atoms with Crippen molar-refractivity contribution >= 4 is 21.7 Å². The molecule has 0 aliphatic rings. The molecule has 2 aromatic heterocycles. The number of halogens is 4. The summed E-state index contributed by atoms with van der Waals surface area (Å²) in [5, 5.41) is 2.70. The summed E-state index contributed by atoms with van der Waals surface area (Å²) in [5.74, 6) is -1.18. The fourth-order valence-corrected chi connectivity index (χ4v) is 1.79. The van der Waals surface area contributed by atoms with Crippen molar-refractivity contribution in [3.63, 3.8) is 0 Å². The number of hydrogen-bond acceptors (Lipinski definition) is 5. The summed E-state index contributed by atoms with van der Waals surface area (Å²) in [4.78, 5) is 10.6. The van der Waals surface area contributed by atoms with Gasteiger partial charge in [0.2, 0.25) is 11.7 Å². The second-order valence-electron chi connectivity index (χ2n) is 3.88. The van der Waals surface area contributed by atoms with Crippen molar-refractivity contribution in [1.29, 1.82) is 0 Å². The molecule has 5 nitrogen and oxygen atoms in total. The van der Waals surface area contributed by atoms with Crippen LogP contribution in [-0.4, -0.2) is 21.5 Å². The van der Waals surface area contributed by atoms with Crippen molar-refractivity contribution < 1.29 is 17.9 Å². The molecule has 0 saturated heterocycles. The zero-order valence-corrected chi connectivity index (χ0v) is 12.4. The molecular weight excluding hydrogens is 353 g/mol. The lowest BCUT2D eigenvalue weighted by Crippen LogP contribution is -2.13. The Labute approximate surface area is 126 Å². The highest BCUT2D eigenvalue weighted by molar-refractivity contribution is 9.10. The van der Waals surface area contributed by atoms with Gasteiger partial charge in [0.25, 0.3) is 0 Å². The van der Waals surface area contributed by atoms with Gasteiger partial charge in [-0.1, -0.05) is 0 Å². The number of nitrogens with zero attached hydrogens (tertiary/aromatic N) is 3. The summed E-state index contributed by atoms with van der Waals surface area (Å²) in [6, 6.07) is 2.86. The van der Waals surface area contributed by atoms with Crippen LogP contribution < -0.4 is 10.1 Å². The highest BCUT2D eigenvalue weighted by Gasteiger charge is 2.35. The van der Waals surface area contributed by atoms with Gasteiger partial charge in [-0.25, -0.2) is 4.98 Å². The number of pyridine rings is 1. The summed E-state index contributed by atoms with van der Waals surface area (Å²) in [6.45, 7) is 2.17. The number of alkyl halides is 3. The maximum absolute atomic E-state index is 12.8. The van der Waals surface area contributed by atoms with E-state index in [1.807, 2.05) is 0 Å². The minimum atomic E-state index is -4.65. The first kappa shape index (κ1) is 15.5. The maximum Gasteiger partial charge on any atom is 0.451 e. The predicted octanol–water partition coefficient (Wildman–Crippen LogP) is 3.88. The molecule has 2 rings (SSSR count). The second kappa shape index (κ2) is 6.25. The van der Waals surface area contributed by atoms with Gasteiger partial charge in [-0.05, 0) is 28.9 Å². The van der Waals surface area contributed by atoms with E-state index >= 15 is 0 Å². The fourth-order valence-electron chi connectivity index (χ4n) is 1.44. The molecule has 0 aliphatic heterocycles.